The molecule has 1 aliphatic carbocycles. The maximum absolute atomic E-state index is 10.5. The van der Waals surface area contributed by atoms with E-state index in [4.69, 9.17) is 4.55 Å². The van der Waals surface area contributed by atoms with Gasteiger partial charge >= 0.3 is 0 Å². The molecule has 0 amide bonds. The van der Waals surface area contributed by atoms with Crippen molar-refractivity contribution in [3.63, 3.8) is 0 Å². The van der Waals surface area contributed by atoms with E-state index in [9.17, 15) is 8.42 Å². The first-order valence-corrected chi connectivity index (χ1v) is 8.93. The molecule has 0 bridgehead atoms. The summed E-state index contributed by atoms with van der Waals surface area (Å²) in [5.41, 5.74) is 1.59. The van der Waals surface area contributed by atoms with E-state index in [0.29, 0.717) is 11.5 Å². The third-order valence-corrected chi connectivity index (χ3v) is 5.34. The molecule has 0 atom stereocenters. The summed E-state index contributed by atoms with van der Waals surface area (Å²) in [6, 6.07) is 6.61. The Hall–Kier alpha value is -1.77. The number of aryl methyl sites for hydroxylation is 1. The number of hydrogen-bond acceptors (Lipinski definition) is 5. The molecular formula is C15H20N4O3S. The second-order valence-corrected chi connectivity index (χ2v) is 7.76. The highest BCUT2D eigenvalue weighted by atomic mass is 32.2. The molecule has 7 nitrogen and oxygen atoms in total. The van der Waals surface area contributed by atoms with Gasteiger partial charge in [-0.1, -0.05) is 22.9 Å². The van der Waals surface area contributed by atoms with Crippen LogP contribution in [0.3, 0.4) is 0 Å². The summed E-state index contributed by atoms with van der Waals surface area (Å²) in [5.74, 6) is 0. The summed E-state index contributed by atoms with van der Waals surface area (Å²) in [7, 11) is -4.02. The zero-order chi connectivity index (χ0) is 16.5. The van der Waals surface area contributed by atoms with Crippen LogP contribution in [-0.4, -0.2) is 41.1 Å². The predicted octanol–water partition coefficient (Wildman–Crippen LogP) is 1.44. The molecule has 4 rings (SSSR count). The smallest absolute Gasteiger partial charge is 0.294 e. The number of benzene rings is 1. The predicted molar refractivity (Wildman–Crippen MR) is 84.6 cm³/mol. The summed E-state index contributed by atoms with van der Waals surface area (Å²) in [4.78, 5) is -0.0666. The summed E-state index contributed by atoms with van der Waals surface area (Å²) in [6.07, 6.45) is 6.28. The van der Waals surface area contributed by atoms with Crippen LogP contribution in [0.1, 0.15) is 24.4 Å². The van der Waals surface area contributed by atoms with Crippen LogP contribution in [0.25, 0.3) is 0 Å². The van der Waals surface area contributed by atoms with Crippen LogP contribution < -0.4 is 5.32 Å². The Morgan fingerprint density at radius 2 is 1.91 bits per heavy atom. The van der Waals surface area contributed by atoms with E-state index in [1.54, 1.807) is 18.3 Å². The Labute approximate surface area is 135 Å². The molecule has 0 unspecified atom stereocenters. The van der Waals surface area contributed by atoms with Crippen LogP contribution in [0.4, 0.5) is 0 Å². The van der Waals surface area contributed by atoms with E-state index in [1.807, 2.05) is 17.8 Å². The van der Waals surface area contributed by atoms with Crippen LogP contribution in [0.5, 0.6) is 0 Å². The molecule has 1 aliphatic heterocycles. The van der Waals surface area contributed by atoms with Gasteiger partial charge in [-0.2, -0.15) is 8.42 Å². The summed E-state index contributed by atoms with van der Waals surface area (Å²) >= 11 is 0. The Kier molecular flexibility index (Phi) is 4.22. The standard InChI is InChI=1S/C8H12N4.C7H8O3S/c1-2-12(11-10-1)7-3-8(4-7)5-9-6-8;1-6-2-4-7(5-3-6)11(8,9)10/h1-2,7,9H,3-6H2;2-5H,1H3,(H,8,9,10). The lowest BCUT2D eigenvalue weighted by molar-refractivity contribution is 0.00162. The van der Waals surface area contributed by atoms with Gasteiger partial charge in [-0.05, 0) is 37.3 Å². The third kappa shape index (κ3) is 3.60. The molecule has 1 saturated carbocycles. The molecule has 1 saturated heterocycles. The summed E-state index contributed by atoms with van der Waals surface area (Å²) < 4.78 is 31.5. The average Bonchev–Trinajstić information content (AvgIpc) is 2.89. The SMILES string of the molecule is Cc1ccc(S(=O)(=O)O)cc1.c1cn(C2CC3(CNC3)C2)nn1. The Bertz CT molecular complexity index is 745. The molecule has 2 aliphatic rings. The highest BCUT2D eigenvalue weighted by molar-refractivity contribution is 7.85. The zero-order valence-electron chi connectivity index (χ0n) is 12.9. The van der Waals surface area contributed by atoms with Crippen LogP contribution in [0.15, 0.2) is 41.6 Å². The molecular weight excluding hydrogens is 316 g/mol. The van der Waals surface area contributed by atoms with E-state index >= 15 is 0 Å². The molecule has 8 heteroatoms. The third-order valence-electron chi connectivity index (χ3n) is 4.47. The van der Waals surface area contributed by atoms with Gasteiger partial charge in [-0.25, -0.2) is 4.68 Å². The van der Waals surface area contributed by atoms with E-state index in [2.05, 4.69) is 15.6 Å². The van der Waals surface area contributed by atoms with Gasteiger partial charge in [0, 0.05) is 19.3 Å². The molecule has 2 aromatic rings. The normalized spacial score (nSPS) is 19.4. The molecule has 1 aromatic carbocycles. The Morgan fingerprint density at radius 1 is 1.26 bits per heavy atom. The van der Waals surface area contributed by atoms with Crippen molar-refractivity contribution >= 4 is 10.1 Å². The molecule has 124 valence electrons. The Morgan fingerprint density at radius 3 is 2.35 bits per heavy atom. The number of aromatic nitrogens is 3. The van der Waals surface area contributed by atoms with Gasteiger partial charge < -0.3 is 5.32 Å². The number of rotatable bonds is 2. The van der Waals surface area contributed by atoms with Crippen LogP contribution in [0, 0.1) is 12.3 Å². The van der Waals surface area contributed by atoms with Crippen LogP contribution in [0.2, 0.25) is 0 Å². The minimum Gasteiger partial charge on any atom is -0.316 e. The summed E-state index contributed by atoms with van der Waals surface area (Å²) in [5, 5.41) is 11.1. The second kappa shape index (κ2) is 6.03. The molecule has 1 spiro atoms. The van der Waals surface area contributed by atoms with Crippen molar-refractivity contribution in [3.8, 4) is 0 Å². The van der Waals surface area contributed by atoms with Gasteiger partial charge in [-0.15, -0.1) is 5.10 Å². The fourth-order valence-electron chi connectivity index (χ4n) is 3.02. The number of hydrogen-bond donors (Lipinski definition) is 2. The highest BCUT2D eigenvalue weighted by Gasteiger charge is 2.49. The minimum absolute atomic E-state index is 0.0666. The van der Waals surface area contributed by atoms with Crippen molar-refractivity contribution in [2.24, 2.45) is 5.41 Å². The summed E-state index contributed by atoms with van der Waals surface area (Å²) in [6.45, 7) is 4.25. The molecule has 2 heterocycles. The topological polar surface area (TPSA) is 97.1 Å². The molecule has 1 aromatic heterocycles. The first kappa shape index (κ1) is 16.1. The van der Waals surface area contributed by atoms with E-state index in [1.165, 1.54) is 38.1 Å². The van der Waals surface area contributed by atoms with Gasteiger partial charge in [0.05, 0.1) is 17.1 Å². The highest BCUT2D eigenvalue weighted by Crippen LogP contribution is 2.50. The molecule has 2 N–H and O–H groups in total. The van der Waals surface area contributed by atoms with Crippen molar-refractivity contribution in [2.75, 3.05) is 13.1 Å². The van der Waals surface area contributed by atoms with Gasteiger partial charge in [0.25, 0.3) is 10.1 Å². The van der Waals surface area contributed by atoms with E-state index < -0.39 is 10.1 Å². The monoisotopic (exact) mass is 336 g/mol. The van der Waals surface area contributed by atoms with Crippen molar-refractivity contribution in [1.29, 1.82) is 0 Å². The largest absolute Gasteiger partial charge is 0.316 e. The van der Waals surface area contributed by atoms with Gasteiger partial charge in [0.2, 0.25) is 0 Å². The average molecular weight is 336 g/mol. The number of nitrogens with zero attached hydrogens (tertiary/aromatic N) is 3. The van der Waals surface area contributed by atoms with Gasteiger partial charge in [-0.3, -0.25) is 4.55 Å². The van der Waals surface area contributed by atoms with Crippen molar-refractivity contribution in [3.05, 3.63) is 42.2 Å². The maximum Gasteiger partial charge on any atom is 0.294 e. The molecule has 2 fully saturated rings. The first-order valence-electron chi connectivity index (χ1n) is 7.49. The van der Waals surface area contributed by atoms with Gasteiger partial charge in [0.15, 0.2) is 0 Å². The van der Waals surface area contributed by atoms with E-state index in [0.717, 1.165) is 5.56 Å². The molecule has 0 radical (unpaired) electrons. The number of nitrogens with one attached hydrogen (secondary N) is 1. The quantitative estimate of drug-likeness (QED) is 0.806. The van der Waals surface area contributed by atoms with Crippen molar-refractivity contribution in [2.45, 2.75) is 30.7 Å². The zero-order valence-corrected chi connectivity index (χ0v) is 13.7. The lowest BCUT2D eigenvalue weighted by atomic mass is 9.62. The lowest BCUT2D eigenvalue weighted by Crippen LogP contribution is -2.60. The fourth-order valence-corrected chi connectivity index (χ4v) is 3.50. The van der Waals surface area contributed by atoms with Crippen LogP contribution in [-0.2, 0) is 10.1 Å². The van der Waals surface area contributed by atoms with Crippen molar-refractivity contribution in [1.82, 2.24) is 20.3 Å². The second-order valence-electron chi connectivity index (χ2n) is 6.34. The maximum atomic E-state index is 10.5. The van der Waals surface area contributed by atoms with Gasteiger partial charge in [0.1, 0.15) is 0 Å². The minimum atomic E-state index is -4.02. The first-order chi connectivity index (χ1) is 10.9. The Balaban J connectivity index is 0.000000137. The van der Waals surface area contributed by atoms with Crippen LogP contribution >= 0.6 is 0 Å². The van der Waals surface area contributed by atoms with Crippen molar-refractivity contribution < 1.29 is 13.0 Å². The molecule has 23 heavy (non-hydrogen) atoms. The van der Waals surface area contributed by atoms with E-state index in [-0.39, 0.29) is 4.90 Å². The lowest BCUT2D eigenvalue weighted by Gasteiger charge is -2.54. The fraction of sp³-hybridized carbons (Fsp3) is 0.467.